The number of aliphatic hydroxyl groups excluding tert-OH is 1. The Labute approximate surface area is 136 Å². The summed E-state index contributed by atoms with van der Waals surface area (Å²) in [6, 6.07) is -1.26. The Morgan fingerprint density at radius 3 is 2.17 bits per heavy atom. The number of ketones is 1. The molecule has 0 aliphatic carbocycles. The second-order valence-electron chi connectivity index (χ2n) is 5.46. The number of aliphatic hydroxyl groups is 1. The lowest BCUT2D eigenvalue weighted by molar-refractivity contribution is -0.284. The number of rotatable bonds is 12. The normalized spacial score (nSPS) is 15.5. The molecule has 0 aliphatic rings. The van der Waals surface area contributed by atoms with Crippen LogP contribution in [0, 0.1) is 0 Å². The molecule has 0 radical (unpaired) electrons. The van der Waals surface area contributed by atoms with Crippen molar-refractivity contribution in [1.29, 1.82) is 0 Å². The molecule has 140 valence electrons. The highest BCUT2D eigenvalue weighted by atomic mass is 19.4. The van der Waals surface area contributed by atoms with Gasteiger partial charge < -0.3 is 10.8 Å². The largest absolute Gasteiger partial charge is 0.453 e. The predicted molar refractivity (Wildman–Crippen MR) is 77.5 cm³/mol. The molecule has 2 atom stereocenters. The van der Waals surface area contributed by atoms with Gasteiger partial charge in [0.1, 0.15) is 0 Å². The lowest BCUT2D eigenvalue weighted by atomic mass is 10.0. The summed E-state index contributed by atoms with van der Waals surface area (Å²) in [6.45, 7) is 0. The van der Waals surface area contributed by atoms with Crippen molar-refractivity contribution < 1.29 is 36.6 Å². The number of unbranched alkanes of at least 4 members (excludes halogenated alkanes) is 3. The third kappa shape index (κ3) is 8.49. The van der Waals surface area contributed by atoms with Gasteiger partial charge >= 0.3 is 12.1 Å². The maximum absolute atomic E-state index is 12.6. The van der Waals surface area contributed by atoms with Crippen LogP contribution in [0.25, 0.3) is 0 Å². The first-order valence-electron chi connectivity index (χ1n) is 7.55. The van der Waals surface area contributed by atoms with Gasteiger partial charge in [0.2, 0.25) is 5.78 Å². The molecule has 0 bridgehead atoms. The van der Waals surface area contributed by atoms with Crippen LogP contribution in [0.5, 0.6) is 0 Å². The molecule has 0 saturated carbocycles. The number of allylic oxidation sites excluding steroid dienone is 2. The lowest BCUT2D eigenvalue weighted by Crippen LogP contribution is -2.42. The highest BCUT2D eigenvalue weighted by molar-refractivity contribution is 6.27. The summed E-state index contributed by atoms with van der Waals surface area (Å²) in [6.07, 6.45) is -2.84. The van der Waals surface area contributed by atoms with E-state index in [4.69, 9.17) is 5.73 Å². The number of hydrogen-bond donors (Lipinski definition) is 2. The van der Waals surface area contributed by atoms with Crippen LogP contribution in [0.3, 0.4) is 0 Å². The molecule has 0 aliphatic heterocycles. The van der Waals surface area contributed by atoms with Crippen molar-refractivity contribution >= 4 is 12.1 Å². The topological polar surface area (TPSA) is 80.4 Å². The van der Waals surface area contributed by atoms with Crippen LogP contribution in [0.2, 0.25) is 0 Å². The Kier molecular flexibility index (Phi) is 9.91. The monoisotopic (exact) mass is 359 g/mol. The van der Waals surface area contributed by atoms with E-state index >= 15 is 0 Å². The zero-order chi connectivity index (χ0) is 18.8. The van der Waals surface area contributed by atoms with E-state index in [1.807, 2.05) is 0 Å². The van der Waals surface area contributed by atoms with E-state index in [2.05, 4.69) is 0 Å². The number of alkyl halides is 5. The number of aldehydes is 1. The fourth-order valence-corrected chi connectivity index (χ4v) is 1.88. The van der Waals surface area contributed by atoms with Crippen LogP contribution < -0.4 is 5.73 Å². The molecule has 0 spiro atoms. The summed E-state index contributed by atoms with van der Waals surface area (Å²) in [7, 11) is 0. The van der Waals surface area contributed by atoms with E-state index in [1.165, 1.54) is 0 Å². The van der Waals surface area contributed by atoms with Crippen molar-refractivity contribution in [2.45, 2.75) is 69.2 Å². The van der Waals surface area contributed by atoms with Crippen LogP contribution in [0.4, 0.5) is 22.0 Å². The van der Waals surface area contributed by atoms with E-state index in [9.17, 15) is 36.6 Å². The Bertz CT molecular complexity index is 424. The summed E-state index contributed by atoms with van der Waals surface area (Å²) in [5.41, 5.74) is 5.34. The Balaban J connectivity index is 3.78. The SMILES string of the molecule is NC(C(=O)C=O)C(O)CC/C=C/CCCCCC(F)(F)C(F)(F)F. The minimum atomic E-state index is -5.50. The molecule has 0 rings (SSSR count). The quantitative estimate of drug-likeness (QED) is 0.185. The second-order valence-corrected chi connectivity index (χ2v) is 5.46. The summed E-state index contributed by atoms with van der Waals surface area (Å²) in [5.74, 6) is -5.53. The van der Waals surface area contributed by atoms with Gasteiger partial charge in [-0.15, -0.1) is 0 Å². The number of halogens is 5. The van der Waals surface area contributed by atoms with Gasteiger partial charge in [-0.1, -0.05) is 18.6 Å². The zero-order valence-electron chi connectivity index (χ0n) is 13.1. The number of carbonyl (C=O) groups is 2. The molecule has 24 heavy (non-hydrogen) atoms. The van der Waals surface area contributed by atoms with Crippen LogP contribution in [-0.2, 0) is 9.59 Å². The van der Waals surface area contributed by atoms with Crippen molar-refractivity contribution in [3.8, 4) is 0 Å². The van der Waals surface area contributed by atoms with E-state index in [-0.39, 0.29) is 25.5 Å². The molecule has 3 N–H and O–H groups in total. The first-order valence-corrected chi connectivity index (χ1v) is 7.55. The highest BCUT2D eigenvalue weighted by Gasteiger charge is 2.56. The van der Waals surface area contributed by atoms with Gasteiger partial charge in [-0.05, 0) is 32.1 Å². The summed E-state index contributed by atoms with van der Waals surface area (Å²) in [5, 5.41) is 9.53. The molecular formula is C15H22F5NO3. The zero-order valence-corrected chi connectivity index (χ0v) is 13.1. The first kappa shape index (κ1) is 22.6. The van der Waals surface area contributed by atoms with E-state index < -0.39 is 36.4 Å². The molecule has 2 unspecified atom stereocenters. The first-order chi connectivity index (χ1) is 11.0. The fraction of sp³-hybridized carbons (Fsp3) is 0.733. The van der Waals surface area contributed by atoms with Gasteiger partial charge in [0.15, 0.2) is 6.29 Å². The molecule has 0 aromatic carbocycles. The van der Waals surface area contributed by atoms with E-state index in [0.29, 0.717) is 19.3 Å². The maximum Gasteiger partial charge on any atom is 0.453 e. The van der Waals surface area contributed by atoms with Gasteiger partial charge in [0.25, 0.3) is 0 Å². The average molecular weight is 359 g/mol. The van der Waals surface area contributed by atoms with Gasteiger partial charge in [-0.3, -0.25) is 9.59 Å². The van der Waals surface area contributed by atoms with Gasteiger partial charge in [0.05, 0.1) is 12.1 Å². The smallest absolute Gasteiger partial charge is 0.391 e. The maximum atomic E-state index is 12.6. The molecular weight excluding hydrogens is 337 g/mol. The van der Waals surface area contributed by atoms with Crippen molar-refractivity contribution in [2.24, 2.45) is 5.73 Å². The Hall–Kier alpha value is -1.35. The minimum absolute atomic E-state index is 0.0477. The standard InChI is InChI=1S/C15H22F5NO3/c16-14(17,15(18,19)20)9-7-5-3-1-2-4-6-8-11(23)13(21)12(24)10-22/h2,4,10-11,13,23H,1,3,5-9,21H2/b4-2+. The molecule has 0 aromatic rings. The number of Topliss-reactive ketones (excluding diaryl/α,β-unsaturated/α-hetero) is 1. The van der Waals surface area contributed by atoms with Crippen molar-refractivity contribution in [1.82, 2.24) is 0 Å². The third-order valence-electron chi connectivity index (χ3n) is 3.43. The van der Waals surface area contributed by atoms with Crippen molar-refractivity contribution in [3.05, 3.63) is 12.2 Å². The molecule has 0 heterocycles. The summed E-state index contributed by atoms with van der Waals surface area (Å²) < 4.78 is 61.0. The van der Waals surface area contributed by atoms with E-state index in [1.54, 1.807) is 12.2 Å². The molecule has 0 fully saturated rings. The average Bonchev–Trinajstić information content (AvgIpc) is 2.50. The third-order valence-corrected chi connectivity index (χ3v) is 3.43. The molecule has 0 aromatic heterocycles. The molecule has 9 heteroatoms. The van der Waals surface area contributed by atoms with Crippen molar-refractivity contribution in [2.75, 3.05) is 0 Å². The van der Waals surface area contributed by atoms with Gasteiger partial charge in [-0.2, -0.15) is 22.0 Å². The molecule has 0 amide bonds. The summed E-state index contributed by atoms with van der Waals surface area (Å²) in [4.78, 5) is 21.1. The molecule has 0 saturated heterocycles. The number of carbonyl (C=O) groups excluding carboxylic acids is 2. The number of nitrogens with two attached hydrogens (primary N) is 1. The predicted octanol–water partition coefficient (Wildman–Crippen LogP) is 2.93. The van der Waals surface area contributed by atoms with Crippen molar-refractivity contribution in [3.63, 3.8) is 0 Å². The molecule has 4 nitrogen and oxygen atoms in total. The minimum Gasteiger partial charge on any atom is -0.391 e. The van der Waals surface area contributed by atoms with Gasteiger partial charge in [0, 0.05) is 6.42 Å². The lowest BCUT2D eigenvalue weighted by Gasteiger charge is -2.19. The Morgan fingerprint density at radius 1 is 1.04 bits per heavy atom. The fourth-order valence-electron chi connectivity index (χ4n) is 1.88. The van der Waals surface area contributed by atoms with Crippen LogP contribution in [0.1, 0.15) is 44.9 Å². The van der Waals surface area contributed by atoms with Crippen LogP contribution in [0.15, 0.2) is 12.2 Å². The Morgan fingerprint density at radius 2 is 1.62 bits per heavy atom. The number of hydrogen-bond acceptors (Lipinski definition) is 4. The van der Waals surface area contributed by atoms with Crippen LogP contribution >= 0.6 is 0 Å². The summed E-state index contributed by atoms with van der Waals surface area (Å²) >= 11 is 0. The van der Waals surface area contributed by atoms with E-state index in [0.717, 1.165) is 0 Å². The second kappa shape index (κ2) is 10.5. The highest BCUT2D eigenvalue weighted by Crippen LogP contribution is 2.39. The van der Waals surface area contributed by atoms with Crippen LogP contribution in [-0.4, -0.2) is 41.4 Å². The van der Waals surface area contributed by atoms with Gasteiger partial charge in [-0.25, -0.2) is 0 Å².